The zero-order chi connectivity index (χ0) is 11.9. The Labute approximate surface area is 95.3 Å². The Bertz CT molecular complexity index is 140. The second-order valence-corrected chi connectivity index (χ2v) is 4.65. The zero-order valence-electron chi connectivity index (χ0n) is 11.2. The van der Waals surface area contributed by atoms with Gasteiger partial charge in [-0.05, 0) is 39.5 Å². The maximum Gasteiger partial charge on any atom is 0.210 e. The first-order chi connectivity index (χ1) is 6.95. The quantitative estimate of drug-likeness (QED) is 0.601. The van der Waals surface area contributed by atoms with Gasteiger partial charge in [-0.1, -0.05) is 27.7 Å². The van der Waals surface area contributed by atoms with Crippen LogP contribution in [0.3, 0.4) is 0 Å². The molecule has 0 saturated heterocycles. The molecule has 0 saturated carbocycles. The summed E-state index contributed by atoms with van der Waals surface area (Å²) < 4.78 is 11.4. The van der Waals surface area contributed by atoms with E-state index in [4.69, 9.17) is 9.47 Å². The van der Waals surface area contributed by atoms with Crippen LogP contribution in [0.1, 0.15) is 67.2 Å². The molecule has 0 rings (SSSR count). The minimum absolute atomic E-state index is 0.0810. The van der Waals surface area contributed by atoms with Crippen molar-refractivity contribution < 1.29 is 9.47 Å². The number of hydrogen-bond acceptors (Lipinski definition) is 2. The molecule has 0 fully saturated rings. The van der Waals surface area contributed by atoms with Gasteiger partial charge in [-0.25, -0.2) is 0 Å². The summed E-state index contributed by atoms with van der Waals surface area (Å²) in [5.41, 5.74) is -0.162. The highest BCUT2D eigenvalue weighted by atomic mass is 16.7. The lowest BCUT2D eigenvalue weighted by Crippen LogP contribution is -2.31. The van der Waals surface area contributed by atoms with E-state index in [2.05, 4.69) is 41.5 Å². The van der Waals surface area contributed by atoms with Crippen LogP contribution in [0.2, 0.25) is 0 Å². The molecule has 0 N–H and O–H groups in total. The van der Waals surface area contributed by atoms with Gasteiger partial charge in [-0.3, -0.25) is 0 Å². The summed E-state index contributed by atoms with van der Waals surface area (Å²) in [6, 6.07) is 0. The molecule has 0 aromatic rings. The first-order valence-electron chi connectivity index (χ1n) is 6.12. The fraction of sp³-hybridized carbons (Fsp3) is 0.923. The molecule has 0 aromatic heterocycles. The average molecular weight is 215 g/mol. The molecule has 0 aliphatic rings. The number of ether oxygens (including phenoxy) is 2. The Kier molecular flexibility index (Phi) is 6.46. The molecular weight excluding hydrogens is 188 g/mol. The van der Waals surface area contributed by atoms with Crippen molar-refractivity contribution in [1.82, 2.24) is 0 Å². The Morgan fingerprint density at radius 2 is 1.00 bits per heavy atom. The fourth-order valence-corrected chi connectivity index (χ4v) is 1.09. The Morgan fingerprint density at radius 3 is 1.20 bits per heavy atom. The third-order valence-electron chi connectivity index (χ3n) is 3.66. The first kappa shape index (κ1) is 14.9. The highest BCUT2D eigenvalue weighted by Crippen LogP contribution is 2.25. The molecule has 0 atom stereocenters. The maximum absolute atomic E-state index is 5.68. The van der Waals surface area contributed by atoms with Gasteiger partial charge in [0.15, 0.2) is 0 Å². The molecule has 91 valence electrons. The van der Waals surface area contributed by atoms with Crippen molar-refractivity contribution in [3.63, 3.8) is 0 Å². The van der Waals surface area contributed by atoms with E-state index in [1.165, 1.54) is 0 Å². The average Bonchev–Trinajstić information content (AvgIpc) is 2.28. The second kappa shape index (κ2) is 6.49. The van der Waals surface area contributed by atoms with Crippen LogP contribution in [-0.2, 0) is 9.47 Å². The molecule has 0 aliphatic heterocycles. The van der Waals surface area contributed by atoms with Crippen LogP contribution in [0.15, 0.2) is 0 Å². The van der Waals surface area contributed by atoms with Crippen LogP contribution in [0.25, 0.3) is 0 Å². The van der Waals surface area contributed by atoms with Crippen LogP contribution >= 0.6 is 0 Å². The van der Waals surface area contributed by atoms with E-state index in [1.807, 2.05) is 0 Å². The van der Waals surface area contributed by atoms with Gasteiger partial charge < -0.3 is 9.47 Å². The predicted octanol–water partition coefficient (Wildman–Crippen LogP) is 4.30. The molecule has 15 heavy (non-hydrogen) atoms. The van der Waals surface area contributed by atoms with Crippen molar-refractivity contribution in [1.29, 1.82) is 0 Å². The van der Waals surface area contributed by atoms with Gasteiger partial charge in [0.2, 0.25) is 6.79 Å². The summed E-state index contributed by atoms with van der Waals surface area (Å²) in [4.78, 5) is 0. The molecule has 0 amide bonds. The third kappa shape index (κ3) is 4.98. The van der Waals surface area contributed by atoms with Crippen LogP contribution in [0, 0.1) is 6.79 Å². The molecule has 0 bridgehead atoms. The molecule has 0 unspecified atom stereocenters. The van der Waals surface area contributed by atoms with E-state index in [9.17, 15) is 0 Å². The standard InChI is InChI=1S/C13H27O2/c1-7-12(5,8-2)14-11-15-13(6,9-3)10-4/h11H,7-10H2,1-6H3. The highest BCUT2D eigenvalue weighted by Gasteiger charge is 2.24. The second-order valence-electron chi connectivity index (χ2n) is 4.65. The molecule has 0 heterocycles. The van der Waals surface area contributed by atoms with Crippen molar-refractivity contribution >= 4 is 0 Å². The van der Waals surface area contributed by atoms with Crippen LogP contribution in [0.5, 0.6) is 0 Å². The third-order valence-corrected chi connectivity index (χ3v) is 3.66. The van der Waals surface area contributed by atoms with E-state index in [1.54, 1.807) is 6.79 Å². The molecule has 1 radical (unpaired) electrons. The van der Waals surface area contributed by atoms with Gasteiger partial charge in [0, 0.05) is 0 Å². The Balaban J connectivity index is 3.96. The molecule has 0 aromatic carbocycles. The van der Waals surface area contributed by atoms with Gasteiger partial charge in [0.25, 0.3) is 0 Å². The summed E-state index contributed by atoms with van der Waals surface area (Å²) in [6.45, 7) is 14.3. The van der Waals surface area contributed by atoms with Crippen molar-refractivity contribution in [2.75, 3.05) is 0 Å². The maximum atomic E-state index is 5.68. The molecule has 0 aliphatic carbocycles. The monoisotopic (exact) mass is 215 g/mol. The lowest BCUT2D eigenvalue weighted by Gasteiger charge is -2.31. The molecule has 2 nitrogen and oxygen atoms in total. The van der Waals surface area contributed by atoms with Crippen LogP contribution < -0.4 is 0 Å². The van der Waals surface area contributed by atoms with Crippen LogP contribution in [-0.4, -0.2) is 11.2 Å². The van der Waals surface area contributed by atoms with Gasteiger partial charge in [0.1, 0.15) is 0 Å². The summed E-state index contributed by atoms with van der Waals surface area (Å²) >= 11 is 0. The normalized spacial score (nSPS) is 13.2. The first-order valence-corrected chi connectivity index (χ1v) is 6.12. The lowest BCUT2D eigenvalue weighted by atomic mass is 10.00. The van der Waals surface area contributed by atoms with Gasteiger partial charge in [-0.15, -0.1) is 0 Å². The summed E-state index contributed by atoms with van der Waals surface area (Å²) in [5.74, 6) is 0. The van der Waals surface area contributed by atoms with E-state index in [-0.39, 0.29) is 11.2 Å². The van der Waals surface area contributed by atoms with Crippen molar-refractivity contribution in [3.05, 3.63) is 6.79 Å². The minimum atomic E-state index is -0.0810. The molecule has 0 spiro atoms. The minimum Gasteiger partial charge on any atom is -0.342 e. The van der Waals surface area contributed by atoms with E-state index < -0.39 is 0 Å². The topological polar surface area (TPSA) is 18.5 Å². The predicted molar refractivity (Wildman–Crippen MR) is 64.4 cm³/mol. The van der Waals surface area contributed by atoms with Gasteiger partial charge >= 0.3 is 0 Å². The van der Waals surface area contributed by atoms with Crippen molar-refractivity contribution in [3.8, 4) is 0 Å². The summed E-state index contributed by atoms with van der Waals surface area (Å²) in [5, 5.41) is 0. The largest absolute Gasteiger partial charge is 0.342 e. The van der Waals surface area contributed by atoms with E-state index >= 15 is 0 Å². The lowest BCUT2D eigenvalue weighted by molar-refractivity contribution is -0.132. The summed E-state index contributed by atoms with van der Waals surface area (Å²) in [7, 11) is 0. The van der Waals surface area contributed by atoms with Gasteiger partial charge in [0.05, 0.1) is 11.2 Å². The van der Waals surface area contributed by atoms with Crippen molar-refractivity contribution in [2.24, 2.45) is 0 Å². The SMILES string of the molecule is CCC(C)(CC)O[CH]OC(C)(CC)CC. The Hall–Kier alpha value is -0.0800. The van der Waals surface area contributed by atoms with Gasteiger partial charge in [-0.2, -0.15) is 0 Å². The van der Waals surface area contributed by atoms with Crippen molar-refractivity contribution in [2.45, 2.75) is 78.4 Å². The number of rotatable bonds is 8. The fourth-order valence-electron chi connectivity index (χ4n) is 1.09. The molecule has 2 heteroatoms. The summed E-state index contributed by atoms with van der Waals surface area (Å²) in [6.07, 6.45) is 3.99. The number of hydrogen-bond donors (Lipinski definition) is 0. The zero-order valence-corrected chi connectivity index (χ0v) is 11.2. The Morgan fingerprint density at radius 1 is 0.733 bits per heavy atom. The smallest absolute Gasteiger partial charge is 0.210 e. The van der Waals surface area contributed by atoms with E-state index in [0.29, 0.717) is 0 Å². The highest BCUT2D eigenvalue weighted by molar-refractivity contribution is 4.74. The van der Waals surface area contributed by atoms with E-state index in [0.717, 1.165) is 25.7 Å². The molecular formula is C13H27O2. The van der Waals surface area contributed by atoms with Crippen LogP contribution in [0.4, 0.5) is 0 Å².